The van der Waals surface area contributed by atoms with Crippen molar-refractivity contribution in [2.75, 3.05) is 5.32 Å². The molecule has 1 saturated carbocycles. The molecule has 0 radical (unpaired) electrons. The number of hydrogen-bond acceptors (Lipinski definition) is 1. The molecule has 21 heavy (non-hydrogen) atoms. The van der Waals surface area contributed by atoms with Crippen LogP contribution in [0.25, 0.3) is 0 Å². The normalized spacial score (nSPS) is 23.4. The number of hydrogen-bond donors (Lipinski definition) is 1. The summed E-state index contributed by atoms with van der Waals surface area (Å²) in [6, 6.07) is 3.81. The lowest BCUT2D eigenvalue weighted by molar-refractivity contribution is -0.137. The molecule has 0 aliphatic heterocycles. The highest BCUT2D eigenvalue weighted by atomic mass is 35.5. The Morgan fingerprint density at radius 1 is 1.19 bits per heavy atom. The van der Waals surface area contributed by atoms with E-state index < -0.39 is 11.7 Å². The van der Waals surface area contributed by atoms with Gasteiger partial charge in [0.25, 0.3) is 0 Å². The molecular weight excluding hydrogens is 299 g/mol. The Labute approximate surface area is 128 Å². The standard InChI is InChI=1S/C16H21ClF3N/c1-10(2)12-5-3-4-6-14(12)21-15-8-7-11(9-13(15)17)16(18,19)20/h7-10,12,14,21H,3-6H2,1-2H3. The van der Waals surface area contributed by atoms with E-state index in [-0.39, 0.29) is 11.1 Å². The fraction of sp³-hybridized carbons (Fsp3) is 0.625. The lowest BCUT2D eigenvalue weighted by Crippen LogP contribution is -2.35. The van der Waals surface area contributed by atoms with Crippen LogP contribution in [0.2, 0.25) is 5.02 Å². The summed E-state index contributed by atoms with van der Waals surface area (Å²) in [4.78, 5) is 0. The molecule has 1 nitrogen and oxygen atoms in total. The van der Waals surface area contributed by atoms with Gasteiger partial charge in [-0.1, -0.05) is 38.3 Å². The molecule has 5 heteroatoms. The topological polar surface area (TPSA) is 12.0 Å². The molecule has 2 unspecified atom stereocenters. The van der Waals surface area contributed by atoms with Crippen LogP contribution in [0.3, 0.4) is 0 Å². The molecule has 1 N–H and O–H groups in total. The average molecular weight is 320 g/mol. The van der Waals surface area contributed by atoms with E-state index in [1.807, 2.05) is 0 Å². The Morgan fingerprint density at radius 3 is 2.43 bits per heavy atom. The minimum absolute atomic E-state index is 0.137. The molecule has 1 aliphatic carbocycles. The summed E-state index contributed by atoms with van der Waals surface area (Å²) in [7, 11) is 0. The van der Waals surface area contributed by atoms with Crippen molar-refractivity contribution in [3.8, 4) is 0 Å². The van der Waals surface area contributed by atoms with E-state index in [0.717, 1.165) is 31.4 Å². The first kappa shape index (κ1) is 16.5. The smallest absolute Gasteiger partial charge is 0.381 e. The molecule has 0 spiro atoms. The molecule has 0 saturated heterocycles. The van der Waals surface area contributed by atoms with Crippen LogP contribution >= 0.6 is 11.6 Å². The van der Waals surface area contributed by atoms with Crippen LogP contribution in [-0.4, -0.2) is 6.04 Å². The average Bonchev–Trinajstić information content (AvgIpc) is 2.40. The van der Waals surface area contributed by atoms with Crippen molar-refractivity contribution in [1.82, 2.24) is 0 Å². The first-order valence-electron chi connectivity index (χ1n) is 7.42. The minimum atomic E-state index is -4.35. The van der Waals surface area contributed by atoms with E-state index >= 15 is 0 Å². The van der Waals surface area contributed by atoms with Gasteiger partial charge in [-0.15, -0.1) is 0 Å². The van der Waals surface area contributed by atoms with E-state index in [4.69, 9.17) is 11.6 Å². The number of halogens is 4. The summed E-state index contributed by atoms with van der Waals surface area (Å²) in [5.74, 6) is 1.09. The molecule has 0 aromatic heterocycles. The van der Waals surface area contributed by atoms with Gasteiger partial charge in [-0.3, -0.25) is 0 Å². The Balaban J connectivity index is 2.15. The summed E-state index contributed by atoms with van der Waals surface area (Å²) in [5, 5.41) is 3.50. The van der Waals surface area contributed by atoms with Crippen LogP contribution in [0.1, 0.15) is 45.1 Å². The SMILES string of the molecule is CC(C)C1CCCCC1Nc1ccc(C(F)(F)F)cc1Cl. The monoisotopic (exact) mass is 319 g/mol. The van der Waals surface area contributed by atoms with Crippen molar-refractivity contribution >= 4 is 17.3 Å². The summed E-state index contributed by atoms with van der Waals surface area (Å²) < 4.78 is 37.9. The third kappa shape index (κ3) is 4.06. The maximum absolute atomic E-state index is 12.6. The summed E-state index contributed by atoms with van der Waals surface area (Å²) in [6.45, 7) is 4.39. The van der Waals surface area contributed by atoms with E-state index in [0.29, 0.717) is 17.5 Å². The second-order valence-corrected chi connectivity index (χ2v) is 6.54. The van der Waals surface area contributed by atoms with Crippen molar-refractivity contribution in [2.24, 2.45) is 11.8 Å². The molecule has 2 atom stereocenters. The lowest BCUT2D eigenvalue weighted by Gasteiger charge is -2.35. The first-order valence-corrected chi connectivity index (χ1v) is 7.80. The highest BCUT2D eigenvalue weighted by Crippen LogP contribution is 2.36. The van der Waals surface area contributed by atoms with Gasteiger partial charge in [-0.05, 0) is 42.9 Å². The van der Waals surface area contributed by atoms with Gasteiger partial charge in [0.15, 0.2) is 0 Å². The van der Waals surface area contributed by atoms with Gasteiger partial charge in [-0.2, -0.15) is 13.2 Å². The van der Waals surface area contributed by atoms with Crippen molar-refractivity contribution in [3.05, 3.63) is 28.8 Å². The Hall–Kier alpha value is -0.900. The quantitative estimate of drug-likeness (QED) is 0.722. The van der Waals surface area contributed by atoms with Crippen LogP contribution in [0, 0.1) is 11.8 Å². The van der Waals surface area contributed by atoms with Gasteiger partial charge in [0.05, 0.1) is 16.3 Å². The number of nitrogens with one attached hydrogen (secondary N) is 1. The molecular formula is C16H21ClF3N. The van der Waals surface area contributed by atoms with Gasteiger partial charge in [0, 0.05) is 6.04 Å². The van der Waals surface area contributed by atoms with Crippen molar-refractivity contribution in [1.29, 1.82) is 0 Å². The highest BCUT2D eigenvalue weighted by molar-refractivity contribution is 6.33. The van der Waals surface area contributed by atoms with Gasteiger partial charge in [-0.25, -0.2) is 0 Å². The van der Waals surface area contributed by atoms with E-state index in [1.165, 1.54) is 12.5 Å². The van der Waals surface area contributed by atoms with Crippen molar-refractivity contribution in [2.45, 2.75) is 51.7 Å². The largest absolute Gasteiger partial charge is 0.416 e. The van der Waals surface area contributed by atoms with Gasteiger partial charge >= 0.3 is 6.18 Å². The predicted octanol–water partition coefficient (Wildman–Crippen LogP) is 5.99. The molecule has 0 bridgehead atoms. The van der Waals surface area contributed by atoms with Crippen molar-refractivity contribution < 1.29 is 13.2 Å². The first-order chi connectivity index (χ1) is 9.79. The number of anilines is 1. The lowest BCUT2D eigenvalue weighted by atomic mass is 9.78. The van der Waals surface area contributed by atoms with E-state index in [1.54, 1.807) is 0 Å². The number of benzene rings is 1. The van der Waals surface area contributed by atoms with Gasteiger partial charge < -0.3 is 5.32 Å². The zero-order chi connectivity index (χ0) is 15.6. The van der Waals surface area contributed by atoms with Gasteiger partial charge in [0.1, 0.15) is 0 Å². The molecule has 1 aromatic carbocycles. The fourth-order valence-electron chi connectivity index (χ4n) is 3.14. The van der Waals surface area contributed by atoms with Crippen LogP contribution in [-0.2, 0) is 6.18 Å². The van der Waals surface area contributed by atoms with Crippen LogP contribution in [0.5, 0.6) is 0 Å². The van der Waals surface area contributed by atoms with E-state index in [9.17, 15) is 13.2 Å². The summed E-state index contributed by atoms with van der Waals surface area (Å²) in [6.07, 6.45) is 0.224. The second kappa shape index (κ2) is 6.47. The summed E-state index contributed by atoms with van der Waals surface area (Å²) in [5.41, 5.74) is -0.107. The molecule has 1 aliphatic rings. The zero-order valence-corrected chi connectivity index (χ0v) is 13.1. The third-order valence-electron chi connectivity index (χ3n) is 4.31. The summed E-state index contributed by atoms with van der Waals surface area (Å²) >= 11 is 6.02. The maximum Gasteiger partial charge on any atom is 0.416 e. The fourth-order valence-corrected chi connectivity index (χ4v) is 3.38. The molecule has 2 rings (SSSR count). The zero-order valence-electron chi connectivity index (χ0n) is 12.3. The molecule has 1 fully saturated rings. The highest BCUT2D eigenvalue weighted by Gasteiger charge is 2.32. The Morgan fingerprint density at radius 2 is 1.86 bits per heavy atom. The van der Waals surface area contributed by atoms with Gasteiger partial charge in [0.2, 0.25) is 0 Å². The Kier molecular flexibility index (Phi) is 5.07. The van der Waals surface area contributed by atoms with Crippen LogP contribution in [0.15, 0.2) is 18.2 Å². The minimum Gasteiger partial charge on any atom is -0.381 e. The molecule has 0 heterocycles. The van der Waals surface area contributed by atoms with Crippen LogP contribution in [0.4, 0.5) is 18.9 Å². The molecule has 118 valence electrons. The molecule has 0 amide bonds. The number of alkyl halides is 3. The third-order valence-corrected chi connectivity index (χ3v) is 4.63. The molecule has 1 aromatic rings. The maximum atomic E-state index is 12.6. The Bertz CT molecular complexity index is 485. The number of rotatable bonds is 3. The second-order valence-electron chi connectivity index (χ2n) is 6.14. The van der Waals surface area contributed by atoms with Crippen LogP contribution < -0.4 is 5.32 Å². The van der Waals surface area contributed by atoms with E-state index in [2.05, 4.69) is 19.2 Å². The van der Waals surface area contributed by atoms with Crippen molar-refractivity contribution in [3.63, 3.8) is 0 Å². The predicted molar refractivity (Wildman–Crippen MR) is 80.7 cm³/mol.